The van der Waals surface area contributed by atoms with Crippen LogP contribution in [-0.2, 0) is 0 Å². The molecule has 1 fully saturated rings. The fourth-order valence-corrected chi connectivity index (χ4v) is 2.78. The quantitative estimate of drug-likeness (QED) is 0.910. The molecular weight excluding hydrogens is 302 g/mol. The van der Waals surface area contributed by atoms with Crippen molar-refractivity contribution in [1.82, 2.24) is 10.3 Å². The molecule has 6 heteroatoms. The van der Waals surface area contributed by atoms with Gasteiger partial charge in [-0.2, -0.15) is 0 Å². The Balaban J connectivity index is 1.82. The Morgan fingerprint density at radius 1 is 1.09 bits per heavy atom. The lowest BCUT2D eigenvalue weighted by atomic mass is 10.0. The summed E-state index contributed by atoms with van der Waals surface area (Å²) in [7, 11) is 0. The first-order valence-electron chi connectivity index (χ1n) is 7.62. The Morgan fingerprint density at radius 2 is 1.78 bits per heavy atom. The van der Waals surface area contributed by atoms with E-state index in [1.54, 1.807) is 24.3 Å². The van der Waals surface area contributed by atoms with E-state index >= 15 is 0 Å². The van der Waals surface area contributed by atoms with Crippen LogP contribution in [0.25, 0.3) is 11.1 Å². The van der Waals surface area contributed by atoms with E-state index in [2.05, 4.69) is 10.3 Å². The first kappa shape index (κ1) is 15.7. The van der Waals surface area contributed by atoms with E-state index in [0.29, 0.717) is 11.3 Å². The van der Waals surface area contributed by atoms with Crippen LogP contribution in [0.2, 0.25) is 0 Å². The van der Waals surface area contributed by atoms with Crippen LogP contribution in [0.1, 0.15) is 24.8 Å². The monoisotopic (exact) mass is 320 g/mol. The standard InChI is InChI=1S/C17H18F2N2O2/c18-16(19)15-14(7-10-21-17(15)22)11-1-3-12(4-2-11)23-13-5-8-20-9-6-13/h1-4,7,10,13,16,20H,5-6,8-9H2,(H,21,22). The summed E-state index contributed by atoms with van der Waals surface area (Å²) in [5.41, 5.74) is -0.437. The van der Waals surface area contributed by atoms with E-state index < -0.39 is 17.5 Å². The molecule has 0 spiro atoms. The maximum atomic E-state index is 13.1. The average molecular weight is 320 g/mol. The van der Waals surface area contributed by atoms with Gasteiger partial charge in [-0.15, -0.1) is 0 Å². The summed E-state index contributed by atoms with van der Waals surface area (Å²) in [4.78, 5) is 13.9. The molecule has 0 unspecified atom stereocenters. The van der Waals surface area contributed by atoms with Crippen molar-refractivity contribution < 1.29 is 13.5 Å². The number of hydrogen-bond acceptors (Lipinski definition) is 3. The Hall–Kier alpha value is -2.21. The molecule has 1 aliphatic heterocycles. The van der Waals surface area contributed by atoms with Crippen molar-refractivity contribution in [3.05, 3.63) is 52.4 Å². The minimum absolute atomic E-state index is 0.179. The Kier molecular flexibility index (Phi) is 4.71. The van der Waals surface area contributed by atoms with Gasteiger partial charge in [-0.05, 0) is 55.3 Å². The minimum Gasteiger partial charge on any atom is -0.490 e. The molecular formula is C17H18F2N2O2. The fraction of sp³-hybridized carbons (Fsp3) is 0.353. The number of aromatic amines is 1. The van der Waals surface area contributed by atoms with Crippen molar-refractivity contribution in [2.75, 3.05) is 13.1 Å². The number of benzene rings is 1. The summed E-state index contributed by atoms with van der Waals surface area (Å²) in [5.74, 6) is 0.712. The van der Waals surface area contributed by atoms with Gasteiger partial charge in [0.2, 0.25) is 0 Å². The number of nitrogens with one attached hydrogen (secondary N) is 2. The Labute approximate surface area is 132 Å². The van der Waals surface area contributed by atoms with Crippen LogP contribution >= 0.6 is 0 Å². The molecule has 1 aromatic carbocycles. The van der Waals surface area contributed by atoms with Crippen molar-refractivity contribution in [3.63, 3.8) is 0 Å². The van der Waals surface area contributed by atoms with Gasteiger partial charge in [0.1, 0.15) is 11.9 Å². The summed E-state index contributed by atoms with van der Waals surface area (Å²) in [6.45, 7) is 1.88. The molecule has 2 heterocycles. The molecule has 3 rings (SSSR count). The molecule has 122 valence electrons. The predicted octanol–water partition coefficient (Wildman–Crippen LogP) is 3.11. The minimum atomic E-state index is -2.82. The van der Waals surface area contributed by atoms with E-state index in [9.17, 15) is 13.6 Å². The molecule has 0 atom stereocenters. The molecule has 0 bridgehead atoms. The van der Waals surface area contributed by atoms with Crippen LogP contribution in [0.4, 0.5) is 8.78 Å². The van der Waals surface area contributed by atoms with Gasteiger partial charge in [-0.3, -0.25) is 4.79 Å². The number of hydrogen-bond donors (Lipinski definition) is 2. The van der Waals surface area contributed by atoms with E-state index in [1.165, 1.54) is 12.3 Å². The molecule has 0 radical (unpaired) electrons. The number of pyridine rings is 1. The van der Waals surface area contributed by atoms with Gasteiger partial charge in [0.25, 0.3) is 12.0 Å². The molecule has 0 saturated carbocycles. The fourth-order valence-electron chi connectivity index (χ4n) is 2.78. The van der Waals surface area contributed by atoms with Gasteiger partial charge in [0.05, 0.1) is 5.56 Å². The lowest BCUT2D eigenvalue weighted by Crippen LogP contribution is -2.34. The normalized spacial score (nSPS) is 15.8. The average Bonchev–Trinajstić information content (AvgIpc) is 2.56. The molecule has 0 aliphatic carbocycles. The number of H-pyrrole nitrogens is 1. The van der Waals surface area contributed by atoms with Crippen molar-refractivity contribution in [2.45, 2.75) is 25.4 Å². The van der Waals surface area contributed by atoms with E-state index in [1.807, 2.05) is 0 Å². The lowest BCUT2D eigenvalue weighted by molar-refractivity contribution is 0.150. The largest absolute Gasteiger partial charge is 0.490 e. The maximum Gasteiger partial charge on any atom is 0.269 e. The number of halogens is 2. The molecule has 0 amide bonds. The van der Waals surface area contributed by atoms with Crippen LogP contribution in [0.15, 0.2) is 41.3 Å². The van der Waals surface area contributed by atoms with E-state index in [4.69, 9.17) is 4.74 Å². The lowest BCUT2D eigenvalue weighted by Gasteiger charge is -2.23. The first-order chi connectivity index (χ1) is 11.1. The highest BCUT2D eigenvalue weighted by Gasteiger charge is 2.19. The number of rotatable bonds is 4. The molecule has 1 aromatic heterocycles. The van der Waals surface area contributed by atoms with Crippen LogP contribution in [0, 0.1) is 0 Å². The Bertz CT molecular complexity index is 707. The summed E-state index contributed by atoms with van der Waals surface area (Å²) in [6, 6.07) is 8.42. The third-order valence-electron chi connectivity index (χ3n) is 3.97. The van der Waals surface area contributed by atoms with Crippen LogP contribution in [0.3, 0.4) is 0 Å². The van der Waals surface area contributed by atoms with Gasteiger partial charge in [-0.25, -0.2) is 8.78 Å². The van der Waals surface area contributed by atoms with Crippen molar-refractivity contribution >= 4 is 0 Å². The Morgan fingerprint density at radius 3 is 2.43 bits per heavy atom. The van der Waals surface area contributed by atoms with Crippen LogP contribution in [-0.4, -0.2) is 24.2 Å². The SMILES string of the molecule is O=c1[nH]ccc(-c2ccc(OC3CCNCC3)cc2)c1C(F)F. The molecule has 23 heavy (non-hydrogen) atoms. The van der Waals surface area contributed by atoms with Crippen LogP contribution in [0.5, 0.6) is 5.75 Å². The molecule has 1 aliphatic rings. The van der Waals surface area contributed by atoms with Gasteiger partial charge in [-0.1, -0.05) is 12.1 Å². The third-order valence-corrected chi connectivity index (χ3v) is 3.97. The summed E-state index contributed by atoms with van der Waals surface area (Å²) in [6.07, 6.45) is 0.638. The molecule has 2 aromatic rings. The summed E-state index contributed by atoms with van der Waals surface area (Å²) >= 11 is 0. The number of aromatic nitrogens is 1. The van der Waals surface area contributed by atoms with E-state index in [0.717, 1.165) is 25.9 Å². The van der Waals surface area contributed by atoms with Crippen molar-refractivity contribution in [2.24, 2.45) is 0 Å². The number of alkyl halides is 2. The topological polar surface area (TPSA) is 54.1 Å². The number of piperidine rings is 1. The van der Waals surface area contributed by atoms with Gasteiger partial charge in [0, 0.05) is 6.20 Å². The van der Waals surface area contributed by atoms with Gasteiger partial charge in [0.15, 0.2) is 0 Å². The second-order valence-corrected chi connectivity index (χ2v) is 5.53. The zero-order valence-electron chi connectivity index (χ0n) is 12.5. The van der Waals surface area contributed by atoms with Gasteiger partial charge >= 0.3 is 0 Å². The van der Waals surface area contributed by atoms with Crippen molar-refractivity contribution in [3.8, 4) is 16.9 Å². The highest BCUT2D eigenvalue weighted by molar-refractivity contribution is 5.67. The highest BCUT2D eigenvalue weighted by atomic mass is 19.3. The second-order valence-electron chi connectivity index (χ2n) is 5.53. The number of ether oxygens (including phenoxy) is 1. The zero-order valence-corrected chi connectivity index (χ0v) is 12.5. The van der Waals surface area contributed by atoms with E-state index in [-0.39, 0.29) is 11.7 Å². The second kappa shape index (κ2) is 6.91. The zero-order chi connectivity index (χ0) is 16.2. The first-order valence-corrected chi connectivity index (χ1v) is 7.62. The molecule has 2 N–H and O–H groups in total. The molecule has 4 nitrogen and oxygen atoms in total. The smallest absolute Gasteiger partial charge is 0.269 e. The summed E-state index contributed by atoms with van der Waals surface area (Å²) in [5, 5.41) is 3.27. The summed E-state index contributed by atoms with van der Waals surface area (Å²) < 4.78 is 32.1. The predicted molar refractivity (Wildman–Crippen MR) is 84.0 cm³/mol. The highest BCUT2D eigenvalue weighted by Crippen LogP contribution is 2.29. The maximum absolute atomic E-state index is 13.1. The third kappa shape index (κ3) is 3.59. The molecule has 1 saturated heterocycles. The van der Waals surface area contributed by atoms with Crippen molar-refractivity contribution in [1.29, 1.82) is 0 Å². The van der Waals surface area contributed by atoms with Crippen LogP contribution < -0.4 is 15.6 Å². The van der Waals surface area contributed by atoms with Gasteiger partial charge < -0.3 is 15.0 Å².